The zero-order chi connectivity index (χ0) is 20.8. The predicted octanol–water partition coefficient (Wildman–Crippen LogP) is 4.28. The van der Waals surface area contributed by atoms with Gasteiger partial charge in [-0.15, -0.1) is 0 Å². The summed E-state index contributed by atoms with van der Waals surface area (Å²) in [6.45, 7) is 4.23. The van der Waals surface area contributed by atoms with Crippen LogP contribution >= 0.6 is 0 Å². The van der Waals surface area contributed by atoms with Crippen molar-refractivity contribution >= 4 is 5.91 Å². The molecule has 6 nitrogen and oxygen atoms in total. The number of ether oxygens (including phenoxy) is 2. The molecule has 2 heterocycles. The summed E-state index contributed by atoms with van der Waals surface area (Å²) in [7, 11) is 3.23. The Bertz CT molecular complexity index is 815. The number of carbonyl (C=O) groups is 1. The van der Waals surface area contributed by atoms with Gasteiger partial charge in [0, 0.05) is 30.1 Å². The zero-order valence-corrected chi connectivity index (χ0v) is 17.8. The molecular formula is C23H31N3O3. The first-order chi connectivity index (χ1) is 14.1. The van der Waals surface area contributed by atoms with Gasteiger partial charge in [0.2, 0.25) is 11.8 Å². The zero-order valence-electron chi connectivity index (χ0n) is 17.8. The molecule has 3 rings (SSSR count). The molecule has 0 aliphatic heterocycles. The van der Waals surface area contributed by atoms with Crippen LogP contribution in [0.2, 0.25) is 0 Å². The molecule has 1 saturated carbocycles. The third kappa shape index (κ3) is 4.86. The summed E-state index contributed by atoms with van der Waals surface area (Å²) < 4.78 is 10.4. The Kier molecular flexibility index (Phi) is 7.07. The summed E-state index contributed by atoms with van der Waals surface area (Å²) in [6.07, 6.45) is 8.78. The number of carbonyl (C=O) groups excluding carboxylic acids is 1. The summed E-state index contributed by atoms with van der Waals surface area (Å²) >= 11 is 0. The maximum atomic E-state index is 12.6. The molecule has 0 unspecified atom stereocenters. The van der Waals surface area contributed by atoms with Crippen molar-refractivity contribution in [1.29, 1.82) is 0 Å². The van der Waals surface area contributed by atoms with Crippen molar-refractivity contribution in [2.75, 3.05) is 14.2 Å². The number of amides is 1. The monoisotopic (exact) mass is 397 g/mol. The van der Waals surface area contributed by atoms with Crippen LogP contribution in [0.15, 0.2) is 30.6 Å². The number of nitrogens with one attached hydrogen (secondary N) is 1. The molecule has 156 valence electrons. The molecule has 1 atom stereocenters. The first-order valence-corrected chi connectivity index (χ1v) is 10.4. The van der Waals surface area contributed by atoms with Crippen LogP contribution in [0.4, 0.5) is 0 Å². The van der Waals surface area contributed by atoms with Crippen molar-refractivity contribution < 1.29 is 14.3 Å². The van der Waals surface area contributed by atoms with E-state index in [2.05, 4.69) is 35.2 Å². The van der Waals surface area contributed by atoms with Gasteiger partial charge in [-0.25, -0.2) is 9.97 Å². The van der Waals surface area contributed by atoms with E-state index in [4.69, 9.17) is 9.47 Å². The summed E-state index contributed by atoms with van der Waals surface area (Å²) in [4.78, 5) is 21.1. The number of rotatable bonds is 7. The Balaban J connectivity index is 1.60. The van der Waals surface area contributed by atoms with Gasteiger partial charge in [0.25, 0.3) is 5.91 Å². The van der Waals surface area contributed by atoms with Crippen LogP contribution in [-0.4, -0.2) is 36.1 Å². The summed E-state index contributed by atoms with van der Waals surface area (Å²) in [5.74, 6) is 2.19. The lowest BCUT2D eigenvalue weighted by Gasteiger charge is -2.34. The van der Waals surface area contributed by atoms with Crippen LogP contribution in [0.5, 0.6) is 11.8 Å². The van der Waals surface area contributed by atoms with Crippen LogP contribution in [0.3, 0.4) is 0 Å². The van der Waals surface area contributed by atoms with Crippen molar-refractivity contribution in [3.63, 3.8) is 0 Å². The van der Waals surface area contributed by atoms with E-state index in [9.17, 15) is 4.79 Å². The molecule has 0 radical (unpaired) electrons. The minimum atomic E-state index is -0.0659. The SMILES string of the molecule is CC[C@H](NC(=O)c1ccc(OC)nc1)C1CCC(c2ccnc(OC)c2C)CC1. The lowest BCUT2D eigenvalue weighted by atomic mass is 9.75. The van der Waals surface area contributed by atoms with E-state index in [0.29, 0.717) is 23.3 Å². The quantitative estimate of drug-likeness (QED) is 0.755. The standard InChI is InChI=1S/C23H31N3O3/c1-5-20(26-22(27)18-10-11-21(28-3)25-14-18)17-8-6-16(7-9-17)19-12-13-24-23(29-4)15(19)2/h10-14,16-17,20H,5-9H2,1-4H3,(H,26,27)/t16?,17?,20-/m0/s1. The molecule has 1 aliphatic carbocycles. The number of methoxy groups -OCH3 is 2. The van der Waals surface area contributed by atoms with Gasteiger partial charge in [0.15, 0.2) is 0 Å². The van der Waals surface area contributed by atoms with Gasteiger partial charge >= 0.3 is 0 Å². The van der Waals surface area contributed by atoms with Gasteiger partial charge in [-0.2, -0.15) is 0 Å². The number of aromatic nitrogens is 2. The number of nitrogens with zero attached hydrogens (tertiary/aromatic N) is 2. The van der Waals surface area contributed by atoms with E-state index in [1.165, 1.54) is 5.56 Å². The van der Waals surface area contributed by atoms with Gasteiger partial charge < -0.3 is 14.8 Å². The Labute approximate surface area is 173 Å². The van der Waals surface area contributed by atoms with E-state index in [1.54, 1.807) is 32.5 Å². The van der Waals surface area contributed by atoms with Gasteiger partial charge in [0.1, 0.15) is 0 Å². The van der Waals surface area contributed by atoms with Crippen molar-refractivity contribution in [1.82, 2.24) is 15.3 Å². The maximum absolute atomic E-state index is 12.6. The Morgan fingerprint density at radius 3 is 2.48 bits per heavy atom. The van der Waals surface area contributed by atoms with Gasteiger partial charge in [-0.3, -0.25) is 4.79 Å². The van der Waals surface area contributed by atoms with Crippen LogP contribution in [-0.2, 0) is 0 Å². The Hall–Kier alpha value is -2.63. The van der Waals surface area contributed by atoms with Gasteiger partial charge in [-0.05, 0) is 68.6 Å². The maximum Gasteiger partial charge on any atom is 0.253 e. The molecule has 0 bridgehead atoms. The molecule has 1 fully saturated rings. The summed E-state index contributed by atoms with van der Waals surface area (Å²) in [5.41, 5.74) is 3.06. The predicted molar refractivity (Wildman–Crippen MR) is 113 cm³/mol. The van der Waals surface area contributed by atoms with Crippen molar-refractivity contribution in [3.05, 3.63) is 47.3 Å². The molecule has 1 amide bonds. The smallest absolute Gasteiger partial charge is 0.253 e. The molecule has 29 heavy (non-hydrogen) atoms. The van der Waals surface area contributed by atoms with Gasteiger partial charge in [0.05, 0.1) is 19.8 Å². The highest BCUT2D eigenvalue weighted by atomic mass is 16.5. The van der Waals surface area contributed by atoms with Gasteiger partial charge in [-0.1, -0.05) is 6.92 Å². The fourth-order valence-electron chi connectivity index (χ4n) is 4.45. The number of hydrogen-bond donors (Lipinski definition) is 1. The second-order valence-corrected chi connectivity index (χ2v) is 7.72. The second kappa shape index (κ2) is 9.72. The third-order valence-electron chi connectivity index (χ3n) is 6.14. The minimum absolute atomic E-state index is 0.0659. The first-order valence-electron chi connectivity index (χ1n) is 10.4. The lowest BCUT2D eigenvalue weighted by Crippen LogP contribution is -2.41. The van der Waals surface area contributed by atoms with E-state index >= 15 is 0 Å². The molecule has 2 aromatic rings. The van der Waals surface area contributed by atoms with Crippen LogP contribution in [0, 0.1) is 12.8 Å². The van der Waals surface area contributed by atoms with E-state index in [0.717, 1.165) is 43.5 Å². The average molecular weight is 398 g/mol. The van der Waals surface area contributed by atoms with Crippen LogP contribution in [0.25, 0.3) is 0 Å². The molecule has 0 saturated heterocycles. The normalized spacial score (nSPS) is 20.0. The molecule has 1 N–H and O–H groups in total. The molecule has 2 aromatic heterocycles. The fraction of sp³-hybridized carbons (Fsp3) is 0.522. The van der Waals surface area contributed by atoms with Crippen molar-refractivity contribution in [3.8, 4) is 11.8 Å². The summed E-state index contributed by atoms with van der Waals surface area (Å²) in [5, 5.41) is 3.22. The minimum Gasteiger partial charge on any atom is -0.481 e. The van der Waals surface area contributed by atoms with Crippen LogP contribution < -0.4 is 14.8 Å². The lowest BCUT2D eigenvalue weighted by molar-refractivity contribution is 0.0909. The highest BCUT2D eigenvalue weighted by molar-refractivity contribution is 5.94. The Morgan fingerprint density at radius 2 is 1.90 bits per heavy atom. The largest absolute Gasteiger partial charge is 0.481 e. The van der Waals surface area contributed by atoms with E-state index in [-0.39, 0.29) is 11.9 Å². The van der Waals surface area contributed by atoms with Crippen LogP contribution in [0.1, 0.15) is 66.4 Å². The molecule has 0 spiro atoms. The number of hydrogen-bond acceptors (Lipinski definition) is 5. The topological polar surface area (TPSA) is 73.3 Å². The summed E-state index contributed by atoms with van der Waals surface area (Å²) in [6, 6.07) is 5.77. The first kappa shape index (κ1) is 21.1. The van der Waals surface area contributed by atoms with E-state index in [1.807, 2.05) is 6.20 Å². The van der Waals surface area contributed by atoms with Crippen molar-refractivity contribution in [2.24, 2.45) is 5.92 Å². The van der Waals surface area contributed by atoms with E-state index < -0.39 is 0 Å². The molecule has 1 aliphatic rings. The fourth-order valence-corrected chi connectivity index (χ4v) is 4.45. The average Bonchev–Trinajstić information content (AvgIpc) is 2.77. The number of pyridine rings is 2. The molecule has 0 aromatic carbocycles. The second-order valence-electron chi connectivity index (χ2n) is 7.72. The van der Waals surface area contributed by atoms with Crippen molar-refractivity contribution in [2.45, 2.75) is 57.9 Å². The molecular weight excluding hydrogens is 366 g/mol. The molecule has 6 heteroatoms. The highest BCUT2D eigenvalue weighted by Gasteiger charge is 2.29. The Morgan fingerprint density at radius 1 is 1.14 bits per heavy atom. The third-order valence-corrected chi connectivity index (χ3v) is 6.14. The highest BCUT2D eigenvalue weighted by Crippen LogP contribution is 2.39.